The molecule has 0 spiro atoms. The second-order valence-corrected chi connectivity index (χ2v) is 6.47. The molecule has 2 aromatic carbocycles. The lowest BCUT2D eigenvalue weighted by atomic mass is 10.1. The van der Waals surface area contributed by atoms with Gasteiger partial charge in [-0.3, -0.25) is 19.7 Å². The standard InChI is InChI=1S/C21H24N2O9/c1-12(21(25)22-15-11-14(23(26)27)6-7-16(15)28-2)32-19(24)10-13-8-17(29-3)20(31-5)18(9-13)30-4/h6-9,11-12H,10H2,1-5H3,(H,22,25)/t12-/m1/s1. The SMILES string of the molecule is COc1ccc([N+](=O)[O-])cc1NC(=O)[C@@H](C)OC(=O)Cc1cc(OC)c(OC)c(OC)c1. The van der Waals surface area contributed by atoms with Crippen molar-refractivity contribution in [3.05, 3.63) is 46.0 Å². The Hall–Kier alpha value is -4.02. The number of hydrogen-bond acceptors (Lipinski definition) is 9. The highest BCUT2D eigenvalue weighted by molar-refractivity contribution is 5.96. The maximum absolute atomic E-state index is 12.5. The third-order valence-electron chi connectivity index (χ3n) is 4.40. The van der Waals surface area contributed by atoms with Gasteiger partial charge in [-0.2, -0.15) is 0 Å². The molecule has 0 heterocycles. The summed E-state index contributed by atoms with van der Waals surface area (Å²) in [4.78, 5) is 35.2. The number of anilines is 1. The highest BCUT2D eigenvalue weighted by atomic mass is 16.6. The van der Waals surface area contributed by atoms with Gasteiger partial charge in [0.2, 0.25) is 5.75 Å². The van der Waals surface area contributed by atoms with Gasteiger partial charge in [0.1, 0.15) is 5.75 Å². The van der Waals surface area contributed by atoms with Crippen LogP contribution in [0.4, 0.5) is 11.4 Å². The van der Waals surface area contributed by atoms with Gasteiger partial charge in [-0.05, 0) is 30.7 Å². The van der Waals surface area contributed by atoms with E-state index >= 15 is 0 Å². The maximum Gasteiger partial charge on any atom is 0.311 e. The number of benzene rings is 2. The van der Waals surface area contributed by atoms with Crippen molar-refractivity contribution in [2.45, 2.75) is 19.4 Å². The van der Waals surface area contributed by atoms with Crippen LogP contribution in [0.15, 0.2) is 30.3 Å². The van der Waals surface area contributed by atoms with Gasteiger partial charge in [-0.1, -0.05) is 0 Å². The highest BCUT2D eigenvalue weighted by Crippen LogP contribution is 2.38. The number of methoxy groups -OCH3 is 4. The molecule has 32 heavy (non-hydrogen) atoms. The van der Waals surface area contributed by atoms with Crippen molar-refractivity contribution in [3.63, 3.8) is 0 Å². The van der Waals surface area contributed by atoms with Crippen LogP contribution >= 0.6 is 0 Å². The average molecular weight is 448 g/mol. The first-order valence-electron chi connectivity index (χ1n) is 9.35. The third kappa shape index (κ3) is 5.78. The molecule has 1 amide bonds. The number of carbonyl (C=O) groups excluding carboxylic acids is 2. The first-order valence-corrected chi connectivity index (χ1v) is 9.35. The summed E-state index contributed by atoms with van der Waals surface area (Å²) < 4.78 is 26.1. The molecule has 11 nitrogen and oxygen atoms in total. The third-order valence-corrected chi connectivity index (χ3v) is 4.40. The molecule has 2 rings (SSSR count). The Morgan fingerprint density at radius 2 is 1.56 bits per heavy atom. The lowest BCUT2D eigenvalue weighted by Crippen LogP contribution is -2.30. The molecule has 0 aliphatic rings. The molecular weight excluding hydrogens is 424 g/mol. The number of nitrogens with one attached hydrogen (secondary N) is 1. The van der Waals surface area contributed by atoms with Gasteiger partial charge in [0.15, 0.2) is 17.6 Å². The molecule has 0 unspecified atom stereocenters. The summed E-state index contributed by atoms with van der Waals surface area (Å²) in [5, 5.41) is 13.5. The number of nitrogens with zero attached hydrogens (tertiary/aromatic N) is 1. The van der Waals surface area contributed by atoms with Crippen LogP contribution in [0.25, 0.3) is 0 Å². The molecule has 1 N–H and O–H groups in total. The minimum Gasteiger partial charge on any atom is -0.495 e. The van der Waals surface area contributed by atoms with Crippen LogP contribution in [0.3, 0.4) is 0 Å². The maximum atomic E-state index is 12.5. The van der Waals surface area contributed by atoms with Crippen molar-refractivity contribution < 1.29 is 38.2 Å². The Morgan fingerprint density at radius 1 is 0.969 bits per heavy atom. The first kappa shape index (κ1) is 24.3. The zero-order chi connectivity index (χ0) is 23.8. The summed E-state index contributed by atoms with van der Waals surface area (Å²) in [6.45, 7) is 1.38. The van der Waals surface area contributed by atoms with E-state index in [1.807, 2.05) is 0 Å². The summed E-state index contributed by atoms with van der Waals surface area (Å²) in [5.41, 5.74) is 0.379. The van der Waals surface area contributed by atoms with E-state index in [1.54, 1.807) is 12.1 Å². The molecule has 0 aromatic heterocycles. The topological polar surface area (TPSA) is 135 Å². The van der Waals surface area contributed by atoms with Crippen LogP contribution in [0.2, 0.25) is 0 Å². The van der Waals surface area contributed by atoms with E-state index < -0.39 is 22.9 Å². The Balaban J connectivity index is 2.09. The molecule has 1 atom stereocenters. The highest BCUT2D eigenvalue weighted by Gasteiger charge is 2.22. The molecule has 0 saturated heterocycles. The van der Waals surface area contributed by atoms with E-state index in [0.717, 1.165) is 6.07 Å². The fourth-order valence-corrected chi connectivity index (χ4v) is 2.84. The fraction of sp³-hybridized carbons (Fsp3) is 0.333. The average Bonchev–Trinajstić information content (AvgIpc) is 2.77. The molecule has 0 radical (unpaired) electrons. The number of ether oxygens (including phenoxy) is 5. The van der Waals surface area contributed by atoms with Crippen molar-refractivity contribution in [1.82, 2.24) is 0 Å². The lowest BCUT2D eigenvalue weighted by molar-refractivity contribution is -0.384. The monoisotopic (exact) mass is 448 g/mol. The Kier molecular flexibility index (Phi) is 8.22. The zero-order valence-corrected chi connectivity index (χ0v) is 18.3. The Morgan fingerprint density at radius 3 is 2.06 bits per heavy atom. The van der Waals surface area contributed by atoms with Crippen LogP contribution in [0.1, 0.15) is 12.5 Å². The number of carbonyl (C=O) groups is 2. The number of amides is 1. The van der Waals surface area contributed by atoms with E-state index in [4.69, 9.17) is 23.7 Å². The van der Waals surface area contributed by atoms with E-state index in [2.05, 4.69) is 5.32 Å². The van der Waals surface area contributed by atoms with Gasteiger partial charge in [-0.25, -0.2) is 0 Å². The van der Waals surface area contributed by atoms with Gasteiger partial charge in [-0.15, -0.1) is 0 Å². The molecule has 2 aromatic rings. The van der Waals surface area contributed by atoms with E-state index in [9.17, 15) is 19.7 Å². The summed E-state index contributed by atoms with van der Waals surface area (Å²) in [5.74, 6) is -0.00273. The Bertz CT molecular complexity index is 982. The minimum atomic E-state index is -1.17. The first-order chi connectivity index (χ1) is 15.2. The van der Waals surface area contributed by atoms with Crippen molar-refractivity contribution >= 4 is 23.3 Å². The molecule has 0 bridgehead atoms. The van der Waals surface area contributed by atoms with Crippen molar-refractivity contribution in [2.75, 3.05) is 33.8 Å². The van der Waals surface area contributed by atoms with E-state index in [0.29, 0.717) is 22.8 Å². The molecular formula is C21H24N2O9. The van der Waals surface area contributed by atoms with Gasteiger partial charge in [0.05, 0.1) is 45.5 Å². The quantitative estimate of drug-likeness (QED) is 0.330. The van der Waals surface area contributed by atoms with Gasteiger partial charge in [0, 0.05) is 12.1 Å². The normalized spacial score (nSPS) is 11.2. The second-order valence-electron chi connectivity index (χ2n) is 6.47. The summed E-state index contributed by atoms with van der Waals surface area (Å²) in [6, 6.07) is 6.95. The predicted octanol–water partition coefficient (Wildman–Crippen LogP) is 2.74. The summed E-state index contributed by atoms with van der Waals surface area (Å²) >= 11 is 0. The fourth-order valence-electron chi connectivity index (χ4n) is 2.84. The predicted molar refractivity (Wildman–Crippen MR) is 114 cm³/mol. The number of rotatable bonds is 10. The molecule has 0 aliphatic carbocycles. The molecule has 11 heteroatoms. The summed E-state index contributed by atoms with van der Waals surface area (Å²) in [6.07, 6.45) is -1.33. The van der Waals surface area contributed by atoms with Crippen molar-refractivity contribution in [3.8, 4) is 23.0 Å². The lowest BCUT2D eigenvalue weighted by Gasteiger charge is -2.16. The van der Waals surface area contributed by atoms with Gasteiger partial charge < -0.3 is 29.0 Å². The number of hydrogen-bond donors (Lipinski definition) is 1. The van der Waals surface area contributed by atoms with E-state index in [1.165, 1.54) is 47.5 Å². The van der Waals surface area contributed by atoms with Gasteiger partial charge >= 0.3 is 5.97 Å². The van der Waals surface area contributed by atoms with Crippen LogP contribution in [0, 0.1) is 10.1 Å². The molecule has 0 saturated carbocycles. The largest absolute Gasteiger partial charge is 0.495 e. The van der Waals surface area contributed by atoms with Gasteiger partial charge in [0.25, 0.3) is 11.6 Å². The number of esters is 1. The number of nitro groups is 1. The number of nitro benzene ring substituents is 1. The van der Waals surface area contributed by atoms with Crippen LogP contribution in [-0.2, 0) is 20.7 Å². The smallest absolute Gasteiger partial charge is 0.311 e. The van der Waals surface area contributed by atoms with Crippen LogP contribution in [0.5, 0.6) is 23.0 Å². The second kappa shape index (κ2) is 10.8. The summed E-state index contributed by atoms with van der Waals surface area (Å²) in [7, 11) is 5.73. The van der Waals surface area contributed by atoms with Crippen molar-refractivity contribution in [2.24, 2.45) is 0 Å². The zero-order valence-electron chi connectivity index (χ0n) is 18.3. The molecule has 0 fully saturated rings. The van der Waals surface area contributed by atoms with Crippen LogP contribution < -0.4 is 24.3 Å². The number of non-ortho nitro benzene ring substituents is 1. The van der Waals surface area contributed by atoms with E-state index in [-0.39, 0.29) is 23.5 Å². The Labute approximate surface area is 184 Å². The van der Waals surface area contributed by atoms with Crippen LogP contribution in [-0.4, -0.2) is 51.3 Å². The van der Waals surface area contributed by atoms with Crippen molar-refractivity contribution in [1.29, 1.82) is 0 Å². The minimum absolute atomic E-state index is 0.0826. The molecule has 0 aliphatic heterocycles. The molecule has 172 valence electrons.